The van der Waals surface area contributed by atoms with Gasteiger partial charge in [-0.3, -0.25) is 0 Å². The molecule has 88 valence electrons. The summed E-state index contributed by atoms with van der Waals surface area (Å²) < 4.78 is 0. The van der Waals surface area contributed by atoms with E-state index in [2.05, 4.69) is 5.32 Å². The van der Waals surface area contributed by atoms with Gasteiger partial charge in [-0.05, 0) is 36.4 Å². The maximum atomic E-state index is 9.50. The molecule has 2 aromatic carbocycles. The summed E-state index contributed by atoms with van der Waals surface area (Å²) in [5.74, 6) is 0.170. The Morgan fingerprint density at radius 2 is 1.53 bits per heavy atom. The summed E-state index contributed by atoms with van der Waals surface area (Å²) in [6.45, 7) is 0. The lowest BCUT2D eigenvalue weighted by Crippen LogP contribution is -1.96. The van der Waals surface area contributed by atoms with E-state index in [1.165, 1.54) is 0 Å². The van der Waals surface area contributed by atoms with Crippen molar-refractivity contribution in [2.45, 2.75) is 0 Å². The molecule has 0 bridgehead atoms. The Bertz CT molecular complexity index is 552. The Labute approximate surface area is 99.9 Å². The van der Waals surface area contributed by atoms with Crippen LogP contribution in [-0.4, -0.2) is 12.2 Å². The second-order valence-electron chi connectivity index (χ2n) is 3.82. The van der Waals surface area contributed by atoms with Crippen molar-refractivity contribution in [3.05, 3.63) is 36.4 Å². The van der Waals surface area contributed by atoms with Crippen LogP contribution in [0.3, 0.4) is 0 Å². The minimum Gasteiger partial charge on any atom is -0.508 e. The summed E-state index contributed by atoms with van der Waals surface area (Å²) in [7, 11) is 1.83. The van der Waals surface area contributed by atoms with Gasteiger partial charge in [-0.25, -0.2) is 0 Å². The van der Waals surface area contributed by atoms with Gasteiger partial charge in [0.25, 0.3) is 0 Å². The molecule has 0 saturated carbocycles. The van der Waals surface area contributed by atoms with Crippen molar-refractivity contribution in [3.63, 3.8) is 0 Å². The average Bonchev–Trinajstić information content (AvgIpc) is 2.33. The highest BCUT2D eigenvalue weighted by molar-refractivity contribution is 5.86. The van der Waals surface area contributed by atoms with E-state index in [-0.39, 0.29) is 5.75 Å². The van der Waals surface area contributed by atoms with Crippen molar-refractivity contribution in [3.8, 4) is 16.9 Å². The average molecular weight is 229 g/mol. The largest absolute Gasteiger partial charge is 0.508 e. The molecule has 4 heteroatoms. The van der Waals surface area contributed by atoms with Gasteiger partial charge in [0.2, 0.25) is 0 Å². The molecular formula is C13H15N3O. The van der Waals surface area contributed by atoms with E-state index in [9.17, 15) is 5.11 Å². The Morgan fingerprint density at radius 1 is 0.941 bits per heavy atom. The van der Waals surface area contributed by atoms with E-state index >= 15 is 0 Å². The molecule has 0 spiro atoms. The first-order valence-corrected chi connectivity index (χ1v) is 5.28. The van der Waals surface area contributed by atoms with Gasteiger partial charge in [-0.15, -0.1) is 0 Å². The SMILES string of the molecule is CNc1ccc(N)c(-c2cc(O)ccc2N)c1. The Kier molecular flexibility index (Phi) is 2.78. The highest BCUT2D eigenvalue weighted by Crippen LogP contribution is 2.34. The highest BCUT2D eigenvalue weighted by atomic mass is 16.3. The van der Waals surface area contributed by atoms with Crippen LogP contribution in [0.25, 0.3) is 11.1 Å². The quantitative estimate of drug-likeness (QED) is 0.470. The number of hydrogen-bond donors (Lipinski definition) is 4. The van der Waals surface area contributed by atoms with E-state index in [1.54, 1.807) is 18.2 Å². The van der Waals surface area contributed by atoms with Crippen LogP contribution in [-0.2, 0) is 0 Å². The van der Waals surface area contributed by atoms with Crippen LogP contribution in [0.5, 0.6) is 5.75 Å². The number of nitrogen functional groups attached to an aromatic ring is 2. The van der Waals surface area contributed by atoms with E-state index in [0.29, 0.717) is 11.4 Å². The Hall–Kier alpha value is -2.36. The van der Waals surface area contributed by atoms with E-state index in [0.717, 1.165) is 16.8 Å². The molecule has 2 aromatic rings. The van der Waals surface area contributed by atoms with Crippen molar-refractivity contribution in [1.82, 2.24) is 0 Å². The fourth-order valence-corrected chi connectivity index (χ4v) is 1.72. The molecule has 0 aliphatic heterocycles. The van der Waals surface area contributed by atoms with Crippen LogP contribution in [0.4, 0.5) is 17.1 Å². The monoisotopic (exact) mass is 229 g/mol. The van der Waals surface area contributed by atoms with Crippen molar-refractivity contribution in [2.75, 3.05) is 23.8 Å². The summed E-state index contributed by atoms with van der Waals surface area (Å²) in [6.07, 6.45) is 0. The molecule has 17 heavy (non-hydrogen) atoms. The first-order valence-electron chi connectivity index (χ1n) is 5.28. The molecule has 0 aliphatic rings. The van der Waals surface area contributed by atoms with Crippen molar-refractivity contribution >= 4 is 17.1 Å². The van der Waals surface area contributed by atoms with Crippen LogP contribution in [0.2, 0.25) is 0 Å². The molecule has 0 atom stereocenters. The van der Waals surface area contributed by atoms with Crippen LogP contribution in [0.15, 0.2) is 36.4 Å². The predicted octanol–water partition coefficient (Wildman–Crippen LogP) is 2.27. The second-order valence-corrected chi connectivity index (χ2v) is 3.82. The number of hydrogen-bond acceptors (Lipinski definition) is 4. The standard InChI is InChI=1S/C13H15N3O/c1-16-8-2-4-12(14)10(6-8)11-7-9(17)3-5-13(11)15/h2-7,16-17H,14-15H2,1H3. The third-order valence-corrected chi connectivity index (χ3v) is 2.67. The normalized spacial score (nSPS) is 10.2. The number of nitrogens with two attached hydrogens (primary N) is 2. The molecule has 0 amide bonds. The molecule has 0 heterocycles. The Balaban J connectivity index is 2.62. The molecule has 0 fully saturated rings. The molecule has 0 radical (unpaired) electrons. The molecule has 6 N–H and O–H groups in total. The zero-order valence-electron chi connectivity index (χ0n) is 9.57. The molecular weight excluding hydrogens is 214 g/mol. The fraction of sp³-hybridized carbons (Fsp3) is 0.0769. The lowest BCUT2D eigenvalue weighted by atomic mass is 10.0. The molecule has 0 saturated heterocycles. The predicted molar refractivity (Wildman–Crippen MR) is 71.9 cm³/mol. The van der Waals surface area contributed by atoms with Gasteiger partial charge in [-0.2, -0.15) is 0 Å². The van der Waals surface area contributed by atoms with Gasteiger partial charge in [0, 0.05) is 35.2 Å². The van der Waals surface area contributed by atoms with E-state index in [4.69, 9.17) is 11.5 Å². The first kappa shape index (κ1) is 11.1. The van der Waals surface area contributed by atoms with Crippen LogP contribution in [0, 0.1) is 0 Å². The molecule has 0 aromatic heterocycles. The van der Waals surface area contributed by atoms with Gasteiger partial charge in [0.05, 0.1) is 0 Å². The third-order valence-electron chi connectivity index (χ3n) is 2.67. The number of nitrogens with one attached hydrogen (secondary N) is 1. The lowest BCUT2D eigenvalue weighted by Gasteiger charge is -2.11. The number of benzene rings is 2. The van der Waals surface area contributed by atoms with Crippen LogP contribution < -0.4 is 16.8 Å². The molecule has 4 nitrogen and oxygen atoms in total. The maximum Gasteiger partial charge on any atom is 0.116 e. The van der Waals surface area contributed by atoms with Crippen LogP contribution in [0.1, 0.15) is 0 Å². The minimum absolute atomic E-state index is 0.170. The zero-order chi connectivity index (χ0) is 12.4. The summed E-state index contributed by atoms with van der Waals surface area (Å²) in [4.78, 5) is 0. The smallest absolute Gasteiger partial charge is 0.116 e. The summed E-state index contributed by atoms with van der Waals surface area (Å²) in [5.41, 5.74) is 15.5. The first-order chi connectivity index (χ1) is 8.11. The maximum absolute atomic E-state index is 9.50. The fourth-order valence-electron chi connectivity index (χ4n) is 1.72. The number of phenols is 1. The van der Waals surface area contributed by atoms with Crippen LogP contribution >= 0.6 is 0 Å². The summed E-state index contributed by atoms with van der Waals surface area (Å²) >= 11 is 0. The third kappa shape index (κ3) is 2.10. The van der Waals surface area contributed by atoms with Crippen molar-refractivity contribution < 1.29 is 5.11 Å². The topological polar surface area (TPSA) is 84.3 Å². The molecule has 0 aliphatic carbocycles. The number of aromatic hydroxyl groups is 1. The second kappa shape index (κ2) is 4.25. The zero-order valence-corrected chi connectivity index (χ0v) is 9.57. The van der Waals surface area contributed by atoms with Crippen molar-refractivity contribution in [2.24, 2.45) is 0 Å². The summed E-state index contributed by atoms with van der Waals surface area (Å²) in [6, 6.07) is 10.4. The van der Waals surface area contributed by atoms with E-state index in [1.807, 2.05) is 25.2 Å². The lowest BCUT2D eigenvalue weighted by molar-refractivity contribution is 0.475. The Morgan fingerprint density at radius 3 is 2.18 bits per heavy atom. The van der Waals surface area contributed by atoms with Gasteiger partial charge >= 0.3 is 0 Å². The van der Waals surface area contributed by atoms with Gasteiger partial charge < -0.3 is 21.9 Å². The molecule has 0 unspecified atom stereocenters. The van der Waals surface area contributed by atoms with Gasteiger partial charge in [0.15, 0.2) is 0 Å². The minimum atomic E-state index is 0.170. The number of anilines is 3. The highest BCUT2D eigenvalue weighted by Gasteiger charge is 2.08. The van der Waals surface area contributed by atoms with Crippen molar-refractivity contribution in [1.29, 1.82) is 0 Å². The van der Waals surface area contributed by atoms with E-state index < -0.39 is 0 Å². The summed E-state index contributed by atoms with van der Waals surface area (Å²) in [5, 5.41) is 12.5. The van der Waals surface area contributed by atoms with Gasteiger partial charge in [-0.1, -0.05) is 0 Å². The molecule has 2 rings (SSSR count). The van der Waals surface area contributed by atoms with Gasteiger partial charge in [0.1, 0.15) is 5.75 Å². The number of rotatable bonds is 2. The number of phenolic OH excluding ortho intramolecular Hbond substituents is 1.